The monoisotopic (exact) mass is 829 g/mol. The molecule has 1 aliphatic rings. The molecule has 0 N–H and O–H groups in total. The molecule has 0 radical (unpaired) electrons. The molecule has 2 unspecified atom stereocenters. The van der Waals surface area contributed by atoms with Crippen molar-refractivity contribution in [1.82, 2.24) is 15.0 Å². The van der Waals surface area contributed by atoms with Gasteiger partial charge >= 0.3 is 0 Å². The Hall–Kier alpha value is -7.05. The summed E-state index contributed by atoms with van der Waals surface area (Å²) in [4.78, 5) is 15.9. The lowest BCUT2D eigenvalue weighted by Gasteiger charge is -2.14. The van der Waals surface area contributed by atoms with Crippen molar-refractivity contribution < 1.29 is 0 Å². The molecule has 0 aliphatic heterocycles. The first kappa shape index (κ1) is 36.8. The Bertz CT molecular complexity index is 3510. The van der Waals surface area contributed by atoms with Crippen LogP contribution in [0.15, 0.2) is 195 Å². The molecule has 8 aromatic carbocycles. The minimum atomic E-state index is 0.622. The fourth-order valence-corrected chi connectivity index (χ4v) is 11.8. The topological polar surface area (TPSA) is 38.7 Å². The van der Waals surface area contributed by atoms with Gasteiger partial charge in [-0.2, -0.15) is 0 Å². The first-order valence-electron chi connectivity index (χ1n) is 21.3. The number of nitrogens with zero attached hydrogens (tertiary/aromatic N) is 3. The highest BCUT2D eigenvalue weighted by Gasteiger charge is 2.37. The van der Waals surface area contributed by atoms with Crippen LogP contribution in [-0.4, -0.2) is 15.0 Å². The molecule has 1 saturated carbocycles. The highest BCUT2D eigenvalue weighted by Crippen LogP contribution is 2.51. The van der Waals surface area contributed by atoms with E-state index in [-0.39, 0.29) is 0 Å². The molecule has 2 atom stereocenters. The maximum Gasteiger partial charge on any atom is 0.164 e. The van der Waals surface area contributed by atoms with E-state index in [0.29, 0.717) is 29.3 Å². The fourth-order valence-electron chi connectivity index (χ4n) is 9.34. The van der Waals surface area contributed by atoms with Crippen LogP contribution in [0.2, 0.25) is 0 Å². The zero-order valence-electron chi connectivity index (χ0n) is 33.8. The SMILES string of the molecule is C=CCC1CC1c1ccc2sc3c(-c4cc(-c5nc(-c6ccccc6)nc(-c6ccccc6-c6ccccc6)n5)cc(-c5cccc6c5sc5ccccc56)c4)cccc3c2c1. The second-order valence-corrected chi connectivity index (χ2v) is 18.4. The fraction of sp³-hybridized carbons (Fsp3) is 0.0702. The molecule has 3 heterocycles. The van der Waals surface area contributed by atoms with Gasteiger partial charge in [0.1, 0.15) is 0 Å². The van der Waals surface area contributed by atoms with Gasteiger partial charge < -0.3 is 0 Å². The van der Waals surface area contributed by atoms with Gasteiger partial charge in [-0.1, -0.05) is 152 Å². The van der Waals surface area contributed by atoms with Crippen LogP contribution in [0.25, 0.3) is 108 Å². The molecule has 0 amide bonds. The number of fused-ring (bicyclic) bond motifs is 6. The first-order valence-corrected chi connectivity index (χ1v) is 22.9. The number of allylic oxidation sites excluding steroid dienone is 1. The first-order chi connectivity index (χ1) is 30.7. The van der Waals surface area contributed by atoms with Gasteiger partial charge in [-0.25, -0.2) is 15.0 Å². The van der Waals surface area contributed by atoms with Crippen molar-refractivity contribution in [2.45, 2.75) is 18.8 Å². The van der Waals surface area contributed by atoms with E-state index < -0.39 is 0 Å². The van der Waals surface area contributed by atoms with E-state index in [1.807, 2.05) is 40.9 Å². The lowest BCUT2D eigenvalue weighted by atomic mass is 9.94. The van der Waals surface area contributed by atoms with Gasteiger partial charge in [-0.05, 0) is 100 Å². The van der Waals surface area contributed by atoms with E-state index >= 15 is 0 Å². The third kappa shape index (κ3) is 6.44. The quantitative estimate of drug-likeness (QED) is 0.136. The summed E-state index contributed by atoms with van der Waals surface area (Å²) in [6, 6.07) is 65.5. The van der Waals surface area contributed by atoms with Crippen molar-refractivity contribution in [2.75, 3.05) is 0 Å². The van der Waals surface area contributed by atoms with Crippen LogP contribution in [0.5, 0.6) is 0 Å². The van der Waals surface area contributed by atoms with E-state index in [1.54, 1.807) is 0 Å². The van der Waals surface area contributed by atoms with Crippen LogP contribution in [0, 0.1) is 5.92 Å². The van der Waals surface area contributed by atoms with Crippen LogP contribution >= 0.6 is 22.7 Å². The third-order valence-electron chi connectivity index (χ3n) is 12.5. The Morgan fingerprint density at radius 2 is 0.968 bits per heavy atom. The maximum absolute atomic E-state index is 5.38. The van der Waals surface area contributed by atoms with Gasteiger partial charge in [0.25, 0.3) is 0 Å². The van der Waals surface area contributed by atoms with Crippen molar-refractivity contribution in [3.8, 4) is 67.5 Å². The molecule has 11 aromatic rings. The Morgan fingerprint density at radius 3 is 1.68 bits per heavy atom. The molecule has 1 fully saturated rings. The summed E-state index contributed by atoms with van der Waals surface area (Å²) in [5.41, 5.74) is 11.2. The summed E-state index contributed by atoms with van der Waals surface area (Å²) in [5, 5.41) is 5.20. The minimum absolute atomic E-state index is 0.622. The number of hydrogen-bond acceptors (Lipinski definition) is 5. The highest BCUT2D eigenvalue weighted by molar-refractivity contribution is 7.26. The van der Waals surface area contributed by atoms with Crippen molar-refractivity contribution in [3.63, 3.8) is 0 Å². The predicted octanol–water partition coefficient (Wildman–Crippen LogP) is 16.3. The molecular weight excluding hydrogens is 791 g/mol. The van der Waals surface area contributed by atoms with Crippen LogP contribution in [0.4, 0.5) is 0 Å². The zero-order chi connectivity index (χ0) is 41.1. The van der Waals surface area contributed by atoms with E-state index in [4.69, 9.17) is 15.0 Å². The lowest BCUT2D eigenvalue weighted by Crippen LogP contribution is -2.01. The maximum atomic E-state index is 5.38. The molecule has 12 rings (SSSR count). The lowest BCUT2D eigenvalue weighted by molar-refractivity contribution is 0.822. The van der Waals surface area contributed by atoms with E-state index in [1.165, 1.54) is 63.5 Å². The number of rotatable bonds is 9. The molecule has 294 valence electrons. The molecule has 5 heteroatoms. The highest BCUT2D eigenvalue weighted by atomic mass is 32.1. The van der Waals surface area contributed by atoms with Gasteiger partial charge in [0.05, 0.1) is 0 Å². The normalized spacial score (nSPS) is 14.8. The van der Waals surface area contributed by atoms with Crippen molar-refractivity contribution in [2.24, 2.45) is 5.92 Å². The van der Waals surface area contributed by atoms with Crippen molar-refractivity contribution in [3.05, 3.63) is 200 Å². The third-order valence-corrected chi connectivity index (χ3v) is 14.9. The van der Waals surface area contributed by atoms with Gasteiger partial charge in [0.2, 0.25) is 0 Å². The van der Waals surface area contributed by atoms with Gasteiger partial charge in [0.15, 0.2) is 17.5 Å². The number of benzene rings is 8. The Balaban J connectivity index is 1.09. The second-order valence-electron chi connectivity index (χ2n) is 16.3. The molecule has 3 aromatic heterocycles. The summed E-state index contributed by atoms with van der Waals surface area (Å²) in [6.45, 7) is 4.01. The predicted molar refractivity (Wildman–Crippen MR) is 264 cm³/mol. The average molecular weight is 830 g/mol. The molecule has 3 nitrogen and oxygen atoms in total. The van der Waals surface area contributed by atoms with E-state index in [2.05, 4.69) is 176 Å². The Labute approximate surface area is 368 Å². The van der Waals surface area contributed by atoms with E-state index in [0.717, 1.165) is 45.4 Å². The molecule has 0 saturated heterocycles. The molecule has 62 heavy (non-hydrogen) atoms. The minimum Gasteiger partial charge on any atom is -0.208 e. The van der Waals surface area contributed by atoms with Crippen molar-refractivity contribution >= 4 is 63.0 Å². The van der Waals surface area contributed by atoms with Crippen molar-refractivity contribution in [1.29, 1.82) is 0 Å². The Kier molecular flexibility index (Phi) is 8.98. The summed E-state index contributed by atoms with van der Waals surface area (Å²) in [7, 11) is 0. The van der Waals surface area contributed by atoms with Crippen LogP contribution < -0.4 is 0 Å². The summed E-state index contributed by atoms with van der Waals surface area (Å²) >= 11 is 3.75. The Morgan fingerprint density at radius 1 is 0.435 bits per heavy atom. The average Bonchev–Trinajstić information content (AvgIpc) is 3.85. The number of hydrogen-bond donors (Lipinski definition) is 0. The summed E-state index contributed by atoms with van der Waals surface area (Å²) < 4.78 is 5.17. The largest absolute Gasteiger partial charge is 0.208 e. The standard InChI is InChI=1S/C57H39N3S2/c1-2-15-37-33-49(37)38-28-29-52-50(34-38)47-26-14-24-44(54(47)62-52)40-30-39(43-23-13-25-46-45-21-11-12-27-51(45)61-53(43)46)31-41(32-40)56-58-55(36-18-7-4-8-19-36)59-57(60-56)48-22-10-9-20-42(48)35-16-5-3-6-17-35/h2-14,16-32,34,37,49H,1,15,33H2. The van der Waals surface area contributed by atoms with Crippen LogP contribution in [0.1, 0.15) is 24.3 Å². The van der Waals surface area contributed by atoms with Crippen LogP contribution in [0.3, 0.4) is 0 Å². The molecule has 0 bridgehead atoms. The molecule has 0 spiro atoms. The number of thiophene rings is 2. The summed E-state index contributed by atoms with van der Waals surface area (Å²) in [5.74, 6) is 3.25. The van der Waals surface area contributed by atoms with E-state index in [9.17, 15) is 0 Å². The van der Waals surface area contributed by atoms with Crippen LogP contribution in [-0.2, 0) is 0 Å². The molecule has 1 aliphatic carbocycles. The van der Waals surface area contributed by atoms with Gasteiger partial charge in [-0.15, -0.1) is 29.3 Å². The number of aromatic nitrogens is 3. The smallest absolute Gasteiger partial charge is 0.164 e. The zero-order valence-corrected chi connectivity index (χ0v) is 35.5. The van der Waals surface area contributed by atoms with Gasteiger partial charge in [-0.3, -0.25) is 0 Å². The summed E-state index contributed by atoms with van der Waals surface area (Å²) in [6.07, 6.45) is 4.40. The van der Waals surface area contributed by atoms with Gasteiger partial charge in [0, 0.05) is 57.0 Å². The second kappa shape index (κ2) is 15.1. The molecular formula is C57H39N3S2.